The number of sulfonamides is 1. The molecule has 2 aromatic rings. The number of rotatable bonds is 4. The number of nitrogens with two attached hydrogens (primary N) is 1. The first-order chi connectivity index (χ1) is 11.4. The minimum absolute atomic E-state index is 0. The number of benzene rings is 2. The van der Waals surface area contributed by atoms with Crippen LogP contribution < -0.4 is 5.73 Å². The first-order valence-corrected chi connectivity index (χ1v) is 9.83. The molecule has 1 aliphatic heterocycles. The highest BCUT2D eigenvalue weighted by atomic mass is 35.5. The van der Waals surface area contributed by atoms with Crippen molar-refractivity contribution < 1.29 is 8.42 Å². The van der Waals surface area contributed by atoms with Crippen LogP contribution in [0.2, 0.25) is 10.0 Å². The van der Waals surface area contributed by atoms with Gasteiger partial charge in [0, 0.05) is 24.0 Å². The van der Waals surface area contributed by atoms with E-state index in [2.05, 4.69) is 0 Å². The maximum atomic E-state index is 13.0. The van der Waals surface area contributed by atoms with Crippen LogP contribution >= 0.6 is 35.6 Å². The van der Waals surface area contributed by atoms with Crippen LogP contribution in [0.25, 0.3) is 0 Å². The first-order valence-electron chi connectivity index (χ1n) is 7.63. The molecule has 2 aromatic carbocycles. The lowest BCUT2D eigenvalue weighted by atomic mass is 9.89. The Balaban J connectivity index is 0.00000225. The summed E-state index contributed by atoms with van der Waals surface area (Å²) in [6, 6.07) is 14.3. The van der Waals surface area contributed by atoms with Gasteiger partial charge in [0.05, 0.1) is 5.02 Å². The lowest BCUT2D eigenvalue weighted by molar-refractivity contribution is 0.459. The number of halogens is 3. The van der Waals surface area contributed by atoms with Gasteiger partial charge >= 0.3 is 0 Å². The van der Waals surface area contributed by atoms with E-state index < -0.39 is 10.0 Å². The second-order valence-corrected chi connectivity index (χ2v) is 8.66. The maximum absolute atomic E-state index is 13.0. The number of hydrogen-bond acceptors (Lipinski definition) is 3. The minimum atomic E-state index is -3.68. The average molecular weight is 422 g/mol. The third-order valence-corrected chi connectivity index (χ3v) is 7.00. The Morgan fingerprint density at radius 2 is 1.76 bits per heavy atom. The summed E-state index contributed by atoms with van der Waals surface area (Å²) in [7, 11) is -3.68. The van der Waals surface area contributed by atoms with E-state index in [9.17, 15) is 8.42 Å². The van der Waals surface area contributed by atoms with Crippen LogP contribution in [0.5, 0.6) is 0 Å². The second kappa shape index (κ2) is 8.25. The predicted molar refractivity (Wildman–Crippen MR) is 104 cm³/mol. The molecular formula is C17H19Cl3N2O2S. The predicted octanol–water partition coefficient (Wildman–Crippen LogP) is 3.78. The molecule has 2 N–H and O–H groups in total. The minimum Gasteiger partial charge on any atom is -0.330 e. The normalized spacial score (nSPS) is 21.1. The molecule has 1 heterocycles. The van der Waals surface area contributed by atoms with Gasteiger partial charge in [-0.05, 0) is 36.2 Å². The lowest BCUT2D eigenvalue weighted by Crippen LogP contribution is -2.30. The Bertz CT molecular complexity index is 831. The van der Waals surface area contributed by atoms with E-state index in [-0.39, 0.29) is 34.2 Å². The molecule has 0 amide bonds. The molecule has 4 nitrogen and oxygen atoms in total. The van der Waals surface area contributed by atoms with Crippen molar-refractivity contribution in [3.63, 3.8) is 0 Å². The molecule has 3 rings (SSSR count). The van der Waals surface area contributed by atoms with Crippen LogP contribution in [0.3, 0.4) is 0 Å². The van der Waals surface area contributed by atoms with Crippen molar-refractivity contribution in [2.45, 2.75) is 10.8 Å². The molecule has 2 atom stereocenters. The Morgan fingerprint density at radius 1 is 1.08 bits per heavy atom. The SMILES string of the molecule is Cl.NC[C@@H]1CN(S(=O)(=O)c2ccc(Cl)cc2Cl)C[C@H]1c1ccccc1. The van der Waals surface area contributed by atoms with E-state index >= 15 is 0 Å². The second-order valence-electron chi connectivity index (χ2n) is 5.91. The number of hydrogen-bond donors (Lipinski definition) is 1. The summed E-state index contributed by atoms with van der Waals surface area (Å²) >= 11 is 12.0. The summed E-state index contributed by atoms with van der Waals surface area (Å²) in [4.78, 5) is 0.0815. The first kappa shape index (κ1) is 20.5. The Hall–Kier alpha value is -0.820. The standard InChI is InChI=1S/C17H18Cl2N2O2S.ClH/c18-14-6-7-17(16(19)8-14)24(22,23)21-10-13(9-20)15(11-21)12-4-2-1-3-5-12;/h1-8,13,15H,9-11,20H2;1H/t13-,15+;/m1./s1. The molecule has 0 unspecified atom stereocenters. The molecule has 1 fully saturated rings. The van der Waals surface area contributed by atoms with Crippen LogP contribution in [-0.4, -0.2) is 32.4 Å². The van der Waals surface area contributed by atoms with E-state index in [1.165, 1.54) is 22.5 Å². The van der Waals surface area contributed by atoms with E-state index in [0.717, 1.165) is 5.56 Å². The molecule has 0 aliphatic carbocycles. The molecule has 136 valence electrons. The van der Waals surface area contributed by atoms with Crippen LogP contribution in [0.1, 0.15) is 11.5 Å². The summed E-state index contributed by atoms with van der Waals surface area (Å²) < 4.78 is 27.4. The van der Waals surface area contributed by atoms with Crippen molar-refractivity contribution in [3.8, 4) is 0 Å². The molecule has 0 aromatic heterocycles. The molecule has 0 bridgehead atoms. The van der Waals surface area contributed by atoms with E-state index in [1.807, 2.05) is 30.3 Å². The van der Waals surface area contributed by atoms with Crippen LogP contribution in [0, 0.1) is 5.92 Å². The molecule has 25 heavy (non-hydrogen) atoms. The molecular weight excluding hydrogens is 403 g/mol. The van der Waals surface area contributed by atoms with Crippen molar-refractivity contribution in [1.82, 2.24) is 4.31 Å². The molecule has 1 saturated heterocycles. The zero-order chi connectivity index (χ0) is 17.3. The van der Waals surface area contributed by atoms with Crippen molar-refractivity contribution >= 4 is 45.6 Å². The smallest absolute Gasteiger partial charge is 0.244 e. The maximum Gasteiger partial charge on any atom is 0.244 e. The highest BCUT2D eigenvalue weighted by molar-refractivity contribution is 7.89. The fourth-order valence-corrected chi connectivity index (χ4v) is 5.44. The molecule has 8 heteroatoms. The summed E-state index contributed by atoms with van der Waals surface area (Å²) in [5.74, 6) is 0.158. The van der Waals surface area contributed by atoms with Crippen molar-refractivity contribution in [3.05, 3.63) is 64.1 Å². The molecule has 1 aliphatic rings. The summed E-state index contributed by atoms with van der Waals surface area (Å²) in [5, 5.41) is 0.539. The van der Waals surface area contributed by atoms with Gasteiger partial charge in [0.15, 0.2) is 0 Å². The third kappa shape index (κ3) is 4.13. The highest BCUT2D eigenvalue weighted by Crippen LogP contribution is 2.36. The topological polar surface area (TPSA) is 63.4 Å². The number of nitrogens with zero attached hydrogens (tertiary/aromatic N) is 1. The van der Waals surface area contributed by atoms with Gasteiger partial charge in [0.1, 0.15) is 4.90 Å². The van der Waals surface area contributed by atoms with E-state index in [4.69, 9.17) is 28.9 Å². The quantitative estimate of drug-likeness (QED) is 0.817. The summed E-state index contributed by atoms with van der Waals surface area (Å²) in [6.45, 7) is 1.21. The van der Waals surface area contributed by atoms with Crippen molar-refractivity contribution in [2.75, 3.05) is 19.6 Å². The van der Waals surface area contributed by atoms with Crippen LogP contribution in [0.15, 0.2) is 53.4 Å². The van der Waals surface area contributed by atoms with E-state index in [1.54, 1.807) is 0 Å². The van der Waals surface area contributed by atoms with Gasteiger partial charge in [-0.1, -0.05) is 53.5 Å². The van der Waals surface area contributed by atoms with Gasteiger partial charge in [0.25, 0.3) is 0 Å². The van der Waals surface area contributed by atoms with Gasteiger partial charge in [-0.15, -0.1) is 12.4 Å². The summed E-state index contributed by atoms with van der Waals surface area (Å²) in [6.07, 6.45) is 0. The van der Waals surface area contributed by atoms with Crippen LogP contribution in [0.4, 0.5) is 0 Å². The molecule has 0 saturated carbocycles. The van der Waals surface area contributed by atoms with Gasteiger partial charge in [-0.2, -0.15) is 4.31 Å². The van der Waals surface area contributed by atoms with Gasteiger partial charge in [-0.3, -0.25) is 0 Å². The van der Waals surface area contributed by atoms with Crippen molar-refractivity contribution in [1.29, 1.82) is 0 Å². The Kier molecular flexibility index (Phi) is 6.76. The molecule has 0 radical (unpaired) electrons. The Morgan fingerprint density at radius 3 is 2.36 bits per heavy atom. The highest BCUT2D eigenvalue weighted by Gasteiger charge is 2.39. The van der Waals surface area contributed by atoms with Crippen LogP contribution in [-0.2, 0) is 10.0 Å². The largest absolute Gasteiger partial charge is 0.330 e. The molecule has 0 spiro atoms. The monoisotopic (exact) mass is 420 g/mol. The fourth-order valence-electron chi connectivity index (χ4n) is 3.17. The lowest BCUT2D eigenvalue weighted by Gasteiger charge is -2.17. The summed E-state index contributed by atoms with van der Waals surface area (Å²) in [5.41, 5.74) is 6.99. The zero-order valence-corrected chi connectivity index (χ0v) is 16.5. The average Bonchev–Trinajstić information content (AvgIpc) is 3.00. The fraction of sp³-hybridized carbons (Fsp3) is 0.294. The zero-order valence-electron chi connectivity index (χ0n) is 13.3. The van der Waals surface area contributed by atoms with E-state index in [0.29, 0.717) is 24.7 Å². The van der Waals surface area contributed by atoms with Gasteiger partial charge in [-0.25, -0.2) is 8.42 Å². The Labute approximate surface area is 164 Å². The third-order valence-electron chi connectivity index (χ3n) is 4.45. The van der Waals surface area contributed by atoms with Crippen molar-refractivity contribution in [2.24, 2.45) is 11.7 Å². The van der Waals surface area contributed by atoms with Gasteiger partial charge in [0.2, 0.25) is 10.0 Å². The van der Waals surface area contributed by atoms with Gasteiger partial charge < -0.3 is 5.73 Å².